The second-order valence-electron chi connectivity index (χ2n) is 10.3. The van der Waals surface area contributed by atoms with Crippen LogP contribution >= 0.6 is 0 Å². The minimum Gasteiger partial charge on any atom is -0.507 e. The van der Waals surface area contributed by atoms with Crippen molar-refractivity contribution in [3.63, 3.8) is 0 Å². The maximum Gasteiger partial charge on any atom is 0.198 e. The molecule has 7 nitrogen and oxygen atoms in total. The molecule has 2 aromatic carbocycles. The van der Waals surface area contributed by atoms with Gasteiger partial charge in [0, 0.05) is 35.0 Å². The molecule has 0 aromatic heterocycles. The van der Waals surface area contributed by atoms with Gasteiger partial charge in [-0.1, -0.05) is 23.7 Å². The van der Waals surface area contributed by atoms with Crippen LogP contribution in [0.15, 0.2) is 30.4 Å². The molecule has 0 saturated heterocycles. The van der Waals surface area contributed by atoms with E-state index in [9.17, 15) is 24.9 Å². The smallest absolute Gasteiger partial charge is 0.198 e. The fraction of sp³-hybridized carbons (Fsp3) is 0.310. The molecule has 36 heavy (non-hydrogen) atoms. The normalized spacial score (nSPS) is 31.5. The Balaban J connectivity index is 1.52. The van der Waals surface area contributed by atoms with Crippen molar-refractivity contribution in [3.8, 4) is 29.4 Å². The number of phenolic OH excluding ortho intramolecular Hbond substituents is 1. The van der Waals surface area contributed by atoms with Crippen molar-refractivity contribution >= 4 is 17.3 Å². The van der Waals surface area contributed by atoms with Crippen LogP contribution in [0.4, 0.5) is 5.69 Å². The molecule has 2 aliphatic heterocycles. The molecule has 5 atom stereocenters. The number of benzene rings is 2. The Kier molecular flexibility index (Phi) is 4.08. The number of phenols is 1. The Hall–Kier alpha value is -3.88. The maximum absolute atomic E-state index is 14.0. The molecule has 0 spiro atoms. The Morgan fingerprint density at radius 3 is 2.31 bits per heavy atom. The first kappa shape index (κ1) is 21.4. The van der Waals surface area contributed by atoms with E-state index in [0.717, 1.165) is 11.1 Å². The second-order valence-corrected chi connectivity index (χ2v) is 10.3. The number of anilines is 1. The summed E-state index contributed by atoms with van der Waals surface area (Å²) >= 11 is 0. The first-order chi connectivity index (χ1) is 17.3. The van der Waals surface area contributed by atoms with Crippen LogP contribution in [-0.2, 0) is 18.5 Å². The number of hydrogen-bond donors (Lipinski definition) is 5. The summed E-state index contributed by atoms with van der Waals surface area (Å²) in [6.07, 6.45) is 1.42. The van der Waals surface area contributed by atoms with Gasteiger partial charge >= 0.3 is 0 Å². The van der Waals surface area contributed by atoms with Crippen LogP contribution in [0.5, 0.6) is 5.75 Å². The van der Waals surface area contributed by atoms with Crippen molar-refractivity contribution in [1.82, 2.24) is 5.32 Å². The standard InChI is InChI=1S/C29H22N2O5/c1-14(32)28-13-29(28)19-10-20(33)23-24(25(19)31-21(28)6-4-2-3-5-7-22(29)34)27(36)18-9-16-12-30-11-15(16)8-17(18)26(23)35/h2-3,8-10,14,21-22,30-34H,11-13H2,1H3/b3-2-/t14-,21+,22-,28-,29?/m1/s1. The molecule has 5 N–H and O–H groups in total. The van der Waals surface area contributed by atoms with Crippen LogP contribution in [0.25, 0.3) is 0 Å². The summed E-state index contributed by atoms with van der Waals surface area (Å²) in [5, 5.41) is 40.0. The first-order valence-corrected chi connectivity index (χ1v) is 12.0. The highest BCUT2D eigenvalue weighted by Crippen LogP contribution is 2.74. The van der Waals surface area contributed by atoms with Crippen molar-refractivity contribution in [1.29, 1.82) is 0 Å². The summed E-state index contributed by atoms with van der Waals surface area (Å²) in [5.74, 6) is 10.6. The molecule has 0 amide bonds. The largest absolute Gasteiger partial charge is 0.507 e. The topological polar surface area (TPSA) is 119 Å². The predicted octanol–water partition coefficient (Wildman–Crippen LogP) is 1.51. The number of rotatable bonds is 1. The molecule has 7 heteroatoms. The Bertz CT molecular complexity index is 1600. The summed E-state index contributed by atoms with van der Waals surface area (Å²) in [7, 11) is 0. The summed E-state index contributed by atoms with van der Waals surface area (Å²) in [6, 6.07) is 4.34. The Morgan fingerprint density at radius 2 is 1.64 bits per heavy atom. The molecular formula is C29H22N2O5. The highest BCUT2D eigenvalue weighted by molar-refractivity contribution is 6.31. The van der Waals surface area contributed by atoms with E-state index < -0.39 is 34.9 Å². The van der Waals surface area contributed by atoms with E-state index in [-0.39, 0.29) is 28.2 Å². The van der Waals surface area contributed by atoms with Gasteiger partial charge in [0.1, 0.15) is 11.9 Å². The first-order valence-electron chi connectivity index (χ1n) is 12.0. The zero-order chi connectivity index (χ0) is 25.0. The lowest BCUT2D eigenvalue weighted by Gasteiger charge is -2.42. The van der Waals surface area contributed by atoms with Crippen molar-refractivity contribution in [2.24, 2.45) is 5.41 Å². The maximum atomic E-state index is 14.0. The zero-order valence-corrected chi connectivity index (χ0v) is 19.4. The van der Waals surface area contributed by atoms with Crippen LogP contribution < -0.4 is 10.6 Å². The summed E-state index contributed by atoms with van der Waals surface area (Å²) in [6.45, 7) is 2.89. The molecule has 1 saturated carbocycles. The zero-order valence-electron chi connectivity index (χ0n) is 19.4. The quantitative estimate of drug-likeness (QED) is 0.266. The number of hydrogen-bond acceptors (Lipinski definition) is 7. The minimum atomic E-state index is -1.19. The van der Waals surface area contributed by atoms with Crippen LogP contribution in [-0.4, -0.2) is 45.1 Å². The van der Waals surface area contributed by atoms with Gasteiger partial charge in [-0.05, 0) is 60.4 Å². The van der Waals surface area contributed by atoms with Gasteiger partial charge in [0.05, 0.1) is 29.0 Å². The number of ketones is 2. The molecule has 2 heterocycles. The number of carbonyl (C=O) groups is 2. The van der Waals surface area contributed by atoms with E-state index in [1.165, 1.54) is 6.07 Å². The fourth-order valence-corrected chi connectivity index (χ4v) is 6.91. The molecule has 5 aliphatic rings. The summed E-state index contributed by atoms with van der Waals surface area (Å²) in [5.41, 5.74) is 1.41. The van der Waals surface area contributed by atoms with E-state index in [1.54, 1.807) is 31.2 Å². The fourth-order valence-electron chi connectivity index (χ4n) is 6.91. The van der Waals surface area contributed by atoms with E-state index >= 15 is 0 Å². The van der Waals surface area contributed by atoms with Gasteiger partial charge in [-0.2, -0.15) is 0 Å². The van der Waals surface area contributed by atoms with Crippen LogP contribution in [0.3, 0.4) is 0 Å². The SMILES string of the molecule is C[C@@H](O)[C@@]12CC13c1cc(O)c4c(c1N[C@H]2C#C/C=C\C#C[C@H]3O)C(=O)c1cc2c(cc1C4=O)CNC2. The molecule has 2 bridgehead atoms. The van der Waals surface area contributed by atoms with Gasteiger partial charge < -0.3 is 26.0 Å². The molecule has 1 unspecified atom stereocenters. The number of nitrogens with one attached hydrogen (secondary N) is 2. The van der Waals surface area contributed by atoms with Gasteiger partial charge in [-0.15, -0.1) is 0 Å². The van der Waals surface area contributed by atoms with Crippen molar-refractivity contribution in [2.75, 3.05) is 5.32 Å². The van der Waals surface area contributed by atoms with Crippen LogP contribution in [0.2, 0.25) is 0 Å². The third-order valence-corrected chi connectivity index (χ3v) is 8.69. The highest BCUT2D eigenvalue weighted by atomic mass is 16.3. The van der Waals surface area contributed by atoms with Crippen molar-refractivity contribution < 1.29 is 24.9 Å². The lowest BCUT2D eigenvalue weighted by Crippen LogP contribution is -2.50. The molecule has 1 fully saturated rings. The third kappa shape index (κ3) is 2.36. The van der Waals surface area contributed by atoms with Gasteiger partial charge in [-0.25, -0.2) is 0 Å². The third-order valence-electron chi connectivity index (χ3n) is 8.69. The van der Waals surface area contributed by atoms with E-state index in [2.05, 4.69) is 34.3 Å². The molecule has 178 valence electrons. The van der Waals surface area contributed by atoms with Crippen LogP contribution in [0.1, 0.15) is 61.9 Å². The lowest BCUT2D eigenvalue weighted by molar-refractivity contribution is 0.0603. The van der Waals surface area contributed by atoms with Crippen molar-refractivity contribution in [2.45, 2.75) is 50.1 Å². The number of aliphatic hydroxyl groups excluding tert-OH is 2. The Labute approximate surface area is 207 Å². The average molecular weight is 479 g/mol. The van der Waals surface area contributed by atoms with Gasteiger partial charge in [-0.3, -0.25) is 9.59 Å². The second kappa shape index (κ2) is 6.87. The highest BCUT2D eigenvalue weighted by Gasteiger charge is 2.79. The number of aliphatic hydroxyl groups is 2. The Morgan fingerprint density at radius 1 is 1.00 bits per heavy atom. The van der Waals surface area contributed by atoms with Crippen LogP contribution in [0, 0.1) is 29.1 Å². The summed E-state index contributed by atoms with van der Waals surface area (Å²) in [4.78, 5) is 27.6. The monoisotopic (exact) mass is 478 g/mol. The molecule has 2 aromatic rings. The van der Waals surface area contributed by atoms with Gasteiger partial charge in [0.2, 0.25) is 0 Å². The lowest BCUT2D eigenvalue weighted by atomic mass is 9.69. The van der Waals surface area contributed by atoms with E-state index in [0.29, 0.717) is 36.3 Å². The molecule has 3 aliphatic carbocycles. The van der Waals surface area contributed by atoms with Crippen molar-refractivity contribution in [3.05, 3.63) is 69.3 Å². The van der Waals surface area contributed by atoms with Gasteiger partial charge in [0.15, 0.2) is 11.6 Å². The predicted molar refractivity (Wildman–Crippen MR) is 130 cm³/mol. The number of carbonyl (C=O) groups excluding carboxylic acids is 2. The van der Waals surface area contributed by atoms with Gasteiger partial charge in [0.25, 0.3) is 0 Å². The average Bonchev–Trinajstić information content (AvgIpc) is 3.41. The molecular weight excluding hydrogens is 456 g/mol. The minimum absolute atomic E-state index is 0.0516. The number of allylic oxidation sites excluding steroid dienone is 2. The molecule has 0 radical (unpaired) electrons. The number of aromatic hydroxyl groups is 1. The van der Waals surface area contributed by atoms with E-state index in [1.807, 2.05) is 0 Å². The van der Waals surface area contributed by atoms with E-state index in [4.69, 9.17) is 0 Å². The number of fused-ring (bicyclic) bond motifs is 5. The molecule has 7 rings (SSSR count). The summed E-state index contributed by atoms with van der Waals surface area (Å²) < 4.78 is 0.